The third-order valence-electron chi connectivity index (χ3n) is 3.81. The molecule has 3 rings (SSSR count). The predicted molar refractivity (Wildman–Crippen MR) is 93.4 cm³/mol. The van der Waals surface area contributed by atoms with E-state index in [9.17, 15) is 18.3 Å². The molecule has 0 bridgehead atoms. The molecule has 2 aromatic carbocycles. The third kappa shape index (κ3) is 3.19. The van der Waals surface area contributed by atoms with E-state index in [4.69, 9.17) is 0 Å². The Morgan fingerprint density at radius 3 is 2.42 bits per heavy atom. The number of benzene rings is 2. The summed E-state index contributed by atoms with van der Waals surface area (Å²) in [5, 5.41) is 10.1. The molecule has 1 aliphatic rings. The maximum atomic E-state index is 12.4. The van der Waals surface area contributed by atoms with Crippen molar-refractivity contribution in [2.24, 2.45) is 0 Å². The average Bonchev–Trinajstić information content (AvgIpc) is 2.80. The normalized spacial score (nSPS) is 16.9. The number of rotatable bonds is 6. The Kier molecular flexibility index (Phi) is 4.93. The lowest BCUT2D eigenvalue weighted by Crippen LogP contribution is -2.32. The van der Waals surface area contributed by atoms with Gasteiger partial charge in [-0.2, -0.15) is 11.8 Å². The molecule has 7 heteroatoms. The standard InChI is InChI=1S/C17H17NO4S2/c19-15(13-6-2-1-3-7-13)12-23-11-10-18-17(20)14-8-4-5-9-16(14)24(18,21)22/h1-9,15,19H,10-12H2. The summed E-state index contributed by atoms with van der Waals surface area (Å²) in [5.41, 5.74) is 1.05. The van der Waals surface area contributed by atoms with Crippen LogP contribution in [0.25, 0.3) is 0 Å². The fourth-order valence-corrected chi connectivity index (χ4v) is 5.15. The lowest BCUT2D eigenvalue weighted by atomic mass is 10.1. The minimum Gasteiger partial charge on any atom is -0.388 e. The molecule has 1 amide bonds. The maximum Gasteiger partial charge on any atom is 0.269 e. The number of aliphatic hydroxyl groups excluding tert-OH is 1. The van der Waals surface area contributed by atoms with E-state index in [0.717, 1.165) is 9.87 Å². The Labute approximate surface area is 145 Å². The van der Waals surface area contributed by atoms with Gasteiger partial charge in [-0.3, -0.25) is 4.79 Å². The summed E-state index contributed by atoms with van der Waals surface area (Å²) >= 11 is 1.42. The van der Waals surface area contributed by atoms with Gasteiger partial charge in [0, 0.05) is 18.1 Å². The van der Waals surface area contributed by atoms with Crippen molar-refractivity contribution in [2.45, 2.75) is 11.0 Å². The van der Waals surface area contributed by atoms with Crippen molar-refractivity contribution in [3.63, 3.8) is 0 Å². The number of hydrogen-bond acceptors (Lipinski definition) is 5. The SMILES string of the molecule is O=C1c2ccccc2S(=O)(=O)N1CCSCC(O)c1ccccc1. The van der Waals surface area contributed by atoms with Crippen LogP contribution in [0, 0.1) is 0 Å². The van der Waals surface area contributed by atoms with Crippen molar-refractivity contribution in [2.75, 3.05) is 18.1 Å². The van der Waals surface area contributed by atoms with Crippen LogP contribution < -0.4 is 0 Å². The van der Waals surface area contributed by atoms with E-state index < -0.39 is 22.0 Å². The van der Waals surface area contributed by atoms with Gasteiger partial charge in [-0.25, -0.2) is 12.7 Å². The highest BCUT2D eigenvalue weighted by Crippen LogP contribution is 2.30. The van der Waals surface area contributed by atoms with Gasteiger partial charge < -0.3 is 5.11 Å². The van der Waals surface area contributed by atoms with Gasteiger partial charge in [0.25, 0.3) is 15.9 Å². The van der Waals surface area contributed by atoms with E-state index >= 15 is 0 Å². The fraction of sp³-hybridized carbons (Fsp3) is 0.235. The molecule has 1 N–H and O–H groups in total. The van der Waals surface area contributed by atoms with Crippen LogP contribution in [0.5, 0.6) is 0 Å². The molecule has 1 unspecified atom stereocenters. The number of fused-ring (bicyclic) bond motifs is 1. The first kappa shape index (κ1) is 17.0. The van der Waals surface area contributed by atoms with E-state index in [0.29, 0.717) is 11.5 Å². The molecule has 0 radical (unpaired) electrons. The van der Waals surface area contributed by atoms with Gasteiger partial charge in [-0.1, -0.05) is 42.5 Å². The Morgan fingerprint density at radius 1 is 1.04 bits per heavy atom. The van der Waals surface area contributed by atoms with Crippen LogP contribution in [0.15, 0.2) is 59.5 Å². The number of aliphatic hydroxyl groups is 1. The summed E-state index contributed by atoms with van der Waals surface area (Å²) in [7, 11) is -3.74. The zero-order chi connectivity index (χ0) is 17.2. The molecule has 2 aromatic rings. The fourth-order valence-electron chi connectivity index (χ4n) is 2.57. The van der Waals surface area contributed by atoms with E-state index in [-0.39, 0.29) is 17.0 Å². The second-order valence-electron chi connectivity index (χ2n) is 5.38. The lowest BCUT2D eigenvalue weighted by Gasteiger charge is -2.15. The predicted octanol–water partition coefficient (Wildman–Crippen LogP) is 2.30. The average molecular weight is 363 g/mol. The second kappa shape index (κ2) is 6.96. The molecule has 0 saturated heterocycles. The van der Waals surface area contributed by atoms with Crippen molar-refractivity contribution in [3.05, 3.63) is 65.7 Å². The molecule has 0 aliphatic carbocycles. The summed E-state index contributed by atoms with van der Waals surface area (Å²) < 4.78 is 25.7. The summed E-state index contributed by atoms with van der Waals surface area (Å²) in [6, 6.07) is 15.5. The summed E-state index contributed by atoms with van der Waals surface area (Å²) in [5.74, 6) is 0.400. The van der Waals surface area contributed by atoms with Gasteiger partial charge in [-0.15, -0.1) is 0 Å². The number of nitrogens with zero attached hydrogens (tertiary/aromatic N) is 1. The first-order valence-corrected chi connectivity index (χ1v) is 10.1. The van der Waals surface area contributed by atoms with Gasteiger partial charge in [0.2, 0.25) is 0 Å². The van der Waals surface area contributed by atoms with E-state index in [1.807, 2.05) is 30.3 Å². The smallest absolute Gasteiger partial charge is 0.269 e. The van der Waals surface area contributed by atoms with Gasteiger partial charge in [0.1, 0.15) is 4.90 Å². The highest BCUT2D eigenvalue weighted by Gasteiger charge is 2.40. The van der Waals surface area contributed by atoms with Crippen molar-refractivity contribution in [1.82, 2.24) is 4.31 Å². The monoisotopic (exact) mass is 363 g/mol. The topological polar surface area (TPSA) is 74.7 Å². The molecule has 24 heavy (non-hydrogen) atoms. The van der Waals surface area contributed by atoms with Crippen LogP contribution >= 0.6 is 11.8 Å². The first-order chi connectivity index (χ1) is 11.5. The van der Waals surface area contributed by atoms with Crippen LogP contribution in [-0.2, 0) is 10.0 Å². The largest absolute Gasteiger partial charge is 0.388 e. The van der Waals surface area contributed by atoms with Gasteiger partial charge in [0.15, 0.2) is 0 Å². The molecule has 1 heterocycles. The Hall–Kier alpha value is -1.83. The lowest BCUT2D eigenvalue weighted by molar-refractivity contribution is 0.0876. The Balaban J connectivity index is 1.57. The molecular formula is C17H17NO4S2. The van der Waals surface area contributed by atoms with Gasteiger partial charge in [0.05, 0.1) is 11.7 Å². The number of carbonyl (C=O) groups excluding carboxylic acids is 1. The van der Waals surface area contributed by atoms with Crippen molar-refractivity contribution in [3.8, 4) is 0 Å². The van der Waals surface area contributed by atoms with Crippen LogP contribution in [0.4, 0.5) is 0 Å². The third-order valence-corrected chi connectivity index (χ3v) is 6.67. The zero-order valence-corrected chi connectivity index (χ0v) is 14.5. The highest BCUT2D eigenvalue weighted by atomic mass is 32.2. The Morgan fingerprint density at radius 2 is 1.71 bits per heavy atom. The van der Waals surface area contributed by atoms with Crippen LogP contribution in [-0.4, -0.2) is 41.8 Å². The van der Waals surface area contributed by atoms with Crippen LogP contribution in [0.3, 0.4) is 0 Å². The molecule has 1 atom stereocenters. The molecule has 126 valence electrons. The van der Waals surface area contributed by atoms with Gasteiger partial charge >= 0.3 is 0 Å². The second-order valence-corrected chi connectivity index (χ2v) is 8.36. The number of sulfonamides is 1. The molecule has 0 fully saturated rings. The number of amides is 1. The minimum absolute atomic E-state index is 0.0734. The molecule has 5 nitrogen and oxygen atoms in total. The number of carbonyl (C=O) groups is 1. The summed E-state index contributed by atoms with van der Waals surface area (Å²) in [6.07, 6.45) is -0.612. The van der Waals surface area contributed by atoms with Crippen molar-refractivity contribution < 1.29 is 18.3 Å². The zero-order valence-electron chi connectivity index (χ0n) is 12.8. The van der Waals surface area contributed by atoms with Crippen LogP contribution in [0.2, 0.25) is 0 Å². The first-order valence-electron chi connectivity index (χ1n) is 7.48. The van der Waals surface area contributed by atoms with Gasteiger partial charge in [-0.05, 0) is 17.7 Å². The van der Waals surface area contributed by atoms with E-state index in [1.165, 1.54) is 23.9 Å². The van der Waals surface area contributed by atoms with E-state index in [2.05, 4.69) is 0 Å². The maximum absolute atomic E-state index is 12.4. The number of thioether (sulfide) groups is 1. The summed E-state index contributed by atoms with van der Waals surface area (Å²) in [6.45, 7) is 0.0992. The molecule has 0 saturated carbocycles. The molecular weight excluding hydrogens is 346 g/mol. The van der Waals surface area contributed by atoms with Crippen molar-refractivity contribution in [1.29, 1.82) is 0 Å². The molecule has 1 aliphatic heterocycles. The summed E-state index contributed by atoms with van der Waals surface area (Å²) in [4.78, 5) is 12.3. The minimum atomic E-state index is -3.74. The highest BCUT2D eigenvalue weighted by molar-refractivity contribution is 7.99. The van der Waals surface area contributed by atoms with Crippen molar-refractivity contribution >= 4 is 27.7 Å². The van der Waals surface area contributed by atoms with Crippen LogP contribution in [0.1, 0.15) is 22.0 Å². The molecule has 0 spiro atoms. The number of hydrogen-bond donors (Lipinski definition) is 1. The molecule has 0 aromatic heterocycles. The van der Waals surface area contributed by atoms with E-state index in [1.54, 1.807) is 12.1 Å². The Bertz CT molecular complexity index is 837. The quantitative estimate of drug-likeness (QED) is 0.797.